The van der Waals surface area contributed by atoms with E-state index in [0.29, 0.717) is 6.54 Å². The second-order valence-electron chi connectivity index (χ2n) is 5.80. The number of carbonyl (C=O) groups is 1. The van der Waals surface area contributed by atoms with E-state index >= 15 is 0 Å². The van der Waals surface area contributed by atoms with Gasteiger partial charge in [0.05, 0.1) is 18.3 Å². The molecule has 2 atom stereocenters. The van der Waals surface area contributed by atoms with Gasteiger partial charge in [0.1, 0.15) is 0 Å². The Morgan fingerprint density at radius 2 is 2.45 bits per heavy atom. The van der Waals surface area contributed by atoms with E-state index in [1.54, 1.807) is 6.20 Å². The Kier molecular flexibility index (Phi) is 4.13. The summed E-state index contributed by atoms with van der Waals surface area (Å²) >= 11 is 0. The van der Waals surface area contributed by atoms with Gasteiger partial charge >= 0.3 is 6.03 Å². The molecule has 22 heavy (non-hydrogen) atoms. The molecule has 2 amide bonds. The number of aromatic nitrogens is 3. The van der Waals surface area contributed by atoms with Crippen LogP contribution in [0, 0.1) is 6.92 Å². The highest BCUT2D eigenvalue weighted by molar-refractivity contribution is 5.75. The van der Waals surface area contributed by atoms with Gasteiger partial charge in [-0.3, -0.25) is 4.68 Å². The Bertz CT molecular complexity index is 622. The fourth-order valence-electron chi connectivity index (χ4n) is 2.87. The maximum absolute atomic E-state index is 12.5. The van der Waals surface area contributed by atoms with Crippen molar-refractivity contribution in [3.05, 3.63) is 36.0 Å². The van der Waals surface area contributed by atoms with Gasteiger partial charge in [-0.05, 0) is 32.8 Å². The number of hydrogen-bond donors (Lipinski definition) is 1. The first-order chi connectivity index (χ1) is 10.6. The molecule has 0 saturated carbocycles. The highest BCUT2D eigenvalue weighted by atomic mass is 16.5. The molecule has 0 unspecified atom stereocenters. The zero-order valence-corrected chi connectivity index (χ0v) is 12.9. The number of carbonyl (C=O) groups excluding carboxylic acids is 1. The lowest BCUT2D eigenvalue weighted by Crippen LogP contribution is -2.44. The second kappa shape index (κ2) is 6.21. The minimum absolute atomic E-state index is 0.00473. The number of urea groups is 1. The Labute approximate surface area is 129 Å². The zero-order valence-electron chi connectivity index (χ0n) is 12.9. The highest BCUT2D eigenvalue weighted by Gasteiger charge is 2.33. The summed E-state index contributed by atoms with van der Waals surface area (Å²) in [5.41, 5.74) is 0.842. The van der Waals surface area contributed by atoms with Gasteiger partial charge < -0.3 is 14.7 Å². The summed E-state index contributed by atoms with van der Waals surface area (Å²) in [6, 6.07) is 3.71. The molecule has 1 saturated heterocycles. The van der Waals surface area contributed by atoms with Crippen molar-refractivity contribution in [3.8, 4) is 0 Å². The Morgan fingerprint density at radius 1 is 1.59 bits per heavy atom. The molecule has 1 N–H and O–H groups in total. The molecule has 0 aliphatic carbocycles. The third kappa shape index (κ3) is 3.13. The van der Waals surface area contributed by atoms with Crippen LogP contribution in [0.5, 0.6) is 0 Å². The van der Waals surface area contributed by atoms with Crippen LogP contribution < -0.4 is 5.32 Å². The van der Waals surface area contributed by atoms with Crippen LogP contribution in [0.25, 0.3) is 0 Å². The molecule has 1 fully saturated rings. The molecule has 0 radical (unpaired) electrons. The number of likely N-dealkylation sites (tertiary alicyclic amines) is 1. The summed E-state index contributed by atoms with van der Waals surface area (Å²) in [6.07, 6.45) is 5.51. The summed E-state index contributed by atoms with van der Waals surface area (Å²) in [5, 5.41) is 11.1. The van der Waals surface area contributed by atoms with Crippen molar-refractivity contribution in [1.82, 2.24) is 25.2 Å². The molecule has 7 nitrogen and oxygen atoms in total. The molecule has 0 aromatic carbocycles. The predicted molar refractivity (Wildman–Crippen MR) is 80.1 cm³/mol. The van der Waals surface area contributed by atoms with Gasteiger partial charge in [-0.25, -0.2) is 4.79 Å². The van der Waals surface area contributed by atoms with Gasteiger partial charge in [0.25, 0.3) is 0 Å². The Balaban J connectivity index is 1.61. The summed E-state index contributed by atoms with van der Waals surface area (Å²) in [6.45, 7) is 5.26. The molecule has 2 aromatic heterocycles. The van der Waals surface area contributed by atoms with E-state index in [1.165, 1.54) is 0 Å². The van der Waals surface area contributed by atoms with Gasteiger partial charge in [0.15, 0.2) is 5.76 Å². The van der Waals surface area contributed by atoms with Crippen LogP contribution in [0.3, 0.4) is 0 Å². The van der Waals surface area contributed by atoms with Crippen molar-refractivity contribution in [2.45, 2.75) is 45.3 Å². The normalized spacial score (nSPS) is 19.4. The number of rotatable bonds is 4. The molecule has 118 valence electrons. The summed E-state index contributed by atoms with van der Waals surface area (Å²) in [5.74, 6) is 0.768. The average molecular weight is 303 g/mol. The van der Waals surface area contributed by atoms with Crippen molar-refractivity contribution >= 4 is 6.03 Å². The summed E-state index contributed by atoms with van der Waals surface area (Å²) in [7, 11) is 0. The lowest BCUT2D eigenvalue weighted by Gasteiger charge is -2.25. The van der Waals surface area contributed by atoms with Gasteiger partial charge in [-0.2, -0.15) is 5.10 Å². The molecule has 1 aliphatic rings. The fourth-order valence-corrected chi connectivity index (χ4v) is 2.87. The van der Waals surface area contributed by atoms with Crippen LogP contribution in [-0.2, 0) is 6.54 Å². The molecular weight excluding hydrogens is 282 g/mol. The largest absolute Gasteiger partial charge is 0.359 e. The SMILES string of the molecule is Cc1cc([C@H]2CCCN2C(=O)N[C@@H](C)Cn2cccn2)on1. The van der Waals surface area contributed by atoms with Gasteiger partial charge in [-0.1, -0.05) is 5.16 Å². The standard InChI is InChI=1S/C15H21N5O2/c1-11-9-14(22-18-11)13-5-3-8-20(13)15(21)17-12(2)10-19-7-4-6-16-19/h4,6-7,9,12-13H,3,5,8,10H2,1-2H3,(H,17,21)/t12-,13+/m0/s1. The topological polar surface area (TPSA) is 76.2 Å². The number of nitrogens with zero attached hydrogens (tertiary/aromatic N) is 4. The molecule has 3 heterocycles. The van der Waals surface area contributed by atoms with E-state index in [1.807, 2.05) is 41.8 Å². The minimum atomic E-state index is -0.0591. The van der Waals surface area contributed by atoms with Crippen LogP contribution in [0.1, 0.15) is 37.3 Å². The van der Waals surface area contributed by atoms with E-state index in [4.69, 9.17) is 4.52 Å². The fraction of sp³-hybridized carbons (Fsp3) is 0.533. The predicted octanol–water partition coefficient (Wildman–Crippen LogP) is 2.11. The summed E-state index contributed by atoms with van der Waals surface area (Å²) < 4.78 is 7.14. The van der Waals surface area contributed by atoms with Crippen LogP contribution in [-0.4, -0.2) is 38.5 Å². The maximum atomic E-state index is 12.5. The van der Waals surface area contributed by atoms with E-state index in [9.17, 15) is 4.79 Å². The van der Waals surface area contributed by atoms with Gasteiger partial charge in [0.2, 0.25) is 0 Å². The van der Waals surface area contributed by atoms with Gasteiger partial charge in [0, 0.05) is 31.0 Å². The summed E-state index contributed by atoms with van der Waals surface area (Å²) in [4.78, 5) is 14.3. The van der Waals surface area contributed by atoms with Crippen molar-refractivity contribution in [3.63, 3.8) is 0 Å². The molecular formula is C15H21N5O2. The van der Waals surface area contributed by atoms with E-state index < -0.39 is 0 Å². The molecule has 7 heteroatoms. The second-order valence-corrected chi connectivity index (χ2v) is 5.80. The Hall–Kier alpha value is -2.31. The van der Waals surface area contributed by atoms with Crippen molar-refractivity contribution < 1.29 is 9.32 Å². The van der Waals surface area contributed by atoms with Crippen LogP contribution in [0.4, 0.5) is 4.79 Å². The number of amides is 2. The molecule has 0 spiro atoms. The lowest BCUT2D eigenvalue weighted by atomic mass is 10.1. The zero-order chi connectivity index (χ0) is 15.5. The van der Waals surface area contributed by atoms with E-state index in [2.05, 4.69) is 15.6 Å². The van der Waals surface area contributed by atoms with Crippen LogP contribution in [0.2, 0.25) is 0 Å². The van der Waals surface area contributed by atoms with Crippen LogP contribution >= 0.6 is 0 Å². The first-order valence-electron chi connectivity index (χ1n) is 7.61. The monoisotopic (exact) mass is 303 g/mol. The third-order valence-corrected chi connectivity index (χ3v) is 3.88. The molecule has 0 bridgehead atoms. The molecule has 1 aliphatic heterocycles. The molecule has 3 rings (SSSR count). The highest BCUT2D eigenvalue weighted by Crippen LogP contribution is 2.32. The van der Waals surface area contributed by atoms with E-state index in [-0.39, 0.29) is 18.1 Å². The maximum Gasteiger partial charge on any atom is 0.318 e. The average Bonchev–Trinajstić information content (AvgIpc) is 3.17. The Morgan fingerprint density at radius 3 is 3.14 bits per heavy atom. The first kappa shape index (κ1) is 14.6. The van der Waals surface area contributed by atoms with Crippen molar-refractivity contribution in [2.24, 2.45) is 0 Å². The number of nitrogens with one attached hydrogen (secondary N) is 1. The van der Waals surface area contributed by atoms with Crippen molar-refractivity contribution in [2.75, 3.05) is 6.54 Å². The number of aryl methyl sites for hydroxylation is 1. The van der Waals surface area contributed by atoms with E-state index in [0.717, 1.165) is 30.8 Å². The first-order valence-corrected chi connectivity index (χ1v) is 7.61. The lowest BCUT2D eigenvalue weighted by molar-refractivity contribution is 0.178. The van der Waals surface area contributed by atoms with Crippen molar-refractivity contribution in [1.29, 1.82) is 0 Å². The minimum Gasteiger partial charge on any atom is -0.359 e. The van der Waals surface area contributed by atoms with Gasteiger partial charge in [-0.15, -0.1) is 0 Å². The van der Waals surface area contributed by atoms with Crippen LogP contribution in [0.15, 0.2) is 29.0 Å². The smallest absolute Gasteiger partial charge is 0.318 e. The third-order valence-electron chi connectivity index (χ3n) is 3.88. The number of hydrogen-bond acceptors (Lipinski definition) is 4. The molecule has 2 aromatic rings. The quantitative estimate of drug-likeness (QED) is 0.938.